The summed E-state index contributed by atoms with van der Waals surface area (Å²) >= 11 is 3.38. The lowest BCUT2D eigenvalue weighted by molar-refractivity contribution is 0.474. The minimum atomic E-state index is 0.181. The molecule has 0 aromatic heterocycles. The van der Waals surface area contributed by atoms with E-state index in [0.29, 0.717) is 0 Å². The van der Waals surface area contributed by atoms with Crippen LogP contribution in [0.5, 0.6) is 5.75 Å². The van der Waals surface area contributed by atoms with Gasteiger partial charge in [-0.1, -0.05) is 46.3 Å². The summed E-state index contributed by atoms with van der Waals surface area (Å²) in [5.74, 6) is 0.249. The van der Waals surface area contributed by atoms with E-state index < -0.39 is 0 Å². The fourth-order valence-electron chi connectivity index (χ4n) is 1.84. The van der Waals surface area contributed by atoms with E-state index in [0.717, 1.165) is 16.5 Å². The molecule has 0 saturated heterocycles. The molecule has 1 unspecified atom stereocenters. The van der Waals surface area contributed by atoms with Gasteiger partial charge in [0.15, 0.2) is 0 Å². The molecule has 0 aliphatic rings. The zero-order valence-electron chi connectivity index (χ0n) is 10.8. The monoisotopic (exact) mass is 317 g/mol. The van der Waals surface area contributed by atoms with Gasteiger partial charge in [0, 0.05) is 16.3 Å². The van der Waals surface area contributed by atoms with Crippen LogP contribution in [0.2, 0.25) is 0 Å². The number of halogens is 1. The van der Waals surface area contributed by atoms with E-state index in [1.54, 1.807) is 18.3 Å². The third kappa shape index (κ3) is 4.21. The highest BCUT2D eigenvalue weighted by atomic mass is 79.9. The number of hydrogen-bond donors (Lipinski definition) is 1. The molecule has 2 rings (SSSR count). The predicted molar refractivity (Wildman–Crippen MR) is 83.0 cm³/mol. The molecule has 2 aromatic carbocycles. The zero-order chi connectivity index (χ0) is 13.7. The van der Waals surface area contributed by atoms with Crippen molar-refractivity contribution in [2.45, 2.75) is 19.4 Å². The normalized spacial score (nSPS) is 12.7. The first kappa shape index (κ1) is 13.8. The molecule has 0 radical (unpaired) electrons. The maximum atomic E-state index is 9.73. The number of rotatable bonds is 4. The average Bonchev–Trinajstić information content (AvgIpc) is 2.41. The molecule has 98 valence electrons. The Kier molecular flexibility index (Phi) is 4.74. The minimum absolute atomic E-state index is 0.181. The molecule has 2 nitrogen and oxygen atoms in total. The number of aliphatic imine (C=N–C) groups is 1. The topological polar surface area (TPSA) is 32.6 Å². The van der Waals surface area contributed by atoms with Crippen molar-refractivity contribution in [1.82, 2.24) is 0 Å². The summed E-state index contributed by atoms with van der Waals surface area (Å²) < 4.78 is 0.933. The van der Waals surface area contributed by atoms with E-state index in [-0.39, 0.29) is 11.8 Å². The number of phenolic OH excluding ortho intramolecular Hbond substituents is 1. The van der Waals surface area contributed by atoms with Crippen LogP contribution >= 0.6 is 15.9 Å². The maximum absolute atomic E-state index is 9.73. The van der Waals surface area contributed by atoms with E-state index in [1.807, 2.05) is 24.3 Å². The fourth-order valence-corrected chi connectivity index (χ4v) is 2.22. The van der Waals surface area contributed by atoms with Crippen LogP contribution in [0.1, 0.15) is 18.1 Å². The summed E-state index contributed by atoms with van der Waals surface area (Å²) in [5.41, 5.74) is 2.00. The van der Waals surface area contributed by atoms with Crippen molar-refractivity contribution >= 4 is 22.1 Å². The third-order valence-electron chi connectivity index (χ3n) is 2.83. The smallest absolute Gasteiger partial charge is 0.124 e. The Hall–Kier alpha value is -1.61. The Morgan fingerprint density at radius 3 is 2.68 bits per heavy atom. The van der Waals surface area contributed by atoms with Gasteiger partial charge in [0.2, 0.25) is 0 Å². The minimum Gasteiger partial charge on any atom is -0.507 e. The molecule has 0 fully saturated rings. The first-order chi connectivity index (χ1) is 9.15. The molecule has 0 heterocycles. The van der Waals surface area contributed by atoms with Crippen molar-refractivity contribution in [3.05, 3.63) is 64.1 Å². The van der Waals surface area contributed by atoms with Crippen molar-refractivity contribution < 1.29 is 5.11 Å². The largest absolute Gasteiger partial charge is 0.507 e. The molecule has 2 aromatic rings. The van der Waals surface area contributed by atoms with Crippen molar-refractivity contribution in [1.29, 1.82) is 0 Å². The van der Waals surface area contributed by atoms with Gasteiger partial charge < -0.3 is 5.11 Å². The fraction of sp³-hybridized carbons (Fsp3) is 0.188. The number of hydrogen-bond acceptors (Lipinski definition) is 2. The van der Waals surface area contributed by atoms with Gasteiger partial charge in [-0.2, -0.15) is 0 Å². The molecule has 1 atom stereocenters. The lowest BCUT2D eigenvalue weighted by Gasteiger charge is -2.06. The summed E-state index contributed by atoms with van der Waals surface area (Å²) in [7, 11) is 0. The molecule has 19 heavy (non-hydrogen) atoms. The molecular formula is C16H16BrNO. The Balaban J connectivity index is 2.04. The lowest BCUT2D eigenvalue weighted by Crippen LogP contribution is -2.03. The molecule has 0 aliphatic carbocycles. The van der Waals surface area contributed by atoms with Crippen LogP contribution < -0.4 is 0 Å². The molecule has 0 saturated carbocycles. The van der Waals surface area contributed by atoms with Crippen LogP contribution in [0.4, 0.5) is 0 Å². The number of aromatic hydroxyl groups is 1. The SMILES string of the molecule is CC(Cc1ccccc1)N=Cc1cc(Br)ccc1O. The van der Waals surface area contributed by atoms with E-state index in [1.165, 1.54) is 5.56 Å². The van der Waals surface area contributed by atoms with Gasteiger partial charge in [-0.25, -0.2) is 0 Å². The Bertz CT molecular complexity index is 566. The highest BCUT2D eigenvalue weighted by Gasteiger charge is 2.02. The predicted octanol–water partition coefficient (Wildman–Crippen LogP) is 4.20. The van der Waals surface area contributed by atoms with Crippen LogP contribution in [0.15, 0.2) is 58.0 Å². The molecule has 0 amide bonds. The van der Waals surface area contributed by atoms with E-state index >= 15 is 0 Å². The average molecular weight is 318 g/mol. The molecule has 0 bridgehead atoms. The number of nitrogens with zero attached hydrogens (tertiary/aromatic N) is 1. The second-order valence-electron chi connectivity index (χ2n) is 4.52. The Morgan fingerprint density at radius 2 is 1.95 bits per heavy atom. The highest BCUT2D eigenvalue weighted by Crippen LogP contribution is 2.20. The summed E-state index contributed by atoms with van der Waals surface area (Å²) in [4.78, 5) is 4.49. The first-order valence-corrected chi connectivity index (χ1v) is 7.00. The molecule has 0 spiro atoms. The first-order valence-electron chi connectivity index (χ1n) is 6.21. The Labute approximate surface area is 122 Å². The highest BCUT2D eigenvalue weighted by molar-refractivity contribution is 9.10. The van der Waals surface area contributed by atoms with Gasteiger partial charge in [0.25, 0.3) is 0 Å². The summed E-state index contributed by atoms with van der Waals surface area (Å²) in [5, 5.41) is 9.73. The summed E-state index contributed by atoms with van der Waals surface area (Å²) in [6.45, 7) is 2.07. The maximum Gasteiger partial charge on any atom is 0.124 e. The molecular weight excluding hydrogens is 302 g/mol. The van der Waals surface area contributed by atoms with Crippen LogP contribution in [0, 0.1) is 0 Å². The van der Waals surface area contributed by atoms with E-state index in [2.05, 4.69) is 40.0 Å². The van der Waals surface area contributed by atoms with Crippen molar-refractivity contribution in [2.75, 3.05) is 0 Å². The number of phenols is 1. The summed E-state index contributed by atoms with van der Waals surface area (Å²) in [6, 6.07) is 15.8. The van der Waals surface area contributed by atoms with Gasteiger partial charge in [-0.15, -0.1) is 0 Å². The Morgan fingerprint density at radius 1 is 1.21 bits per heavy atom. The van der Waals surface area contributed by atoms with Crippen molar-refractivity contribution in [3.63, 3.8) is 0 Å². The molecule has 0 aliphatic heterocycles. The van der Waals surface area contributed by atoms with E-state index in [4.69, 9.17) is 0 Å². The second kappa shape index (κ2) is 6.53. The lowest BCUT2D eigenvalue weighted by atomic mass is 10.1. The molecule has 1 N–H and O–H groups in total. The summed E-state index contributed by atoms with van der Waals surface area (Å²) in [6.07, 6.45) is 2.62. The second-order valence-corrected chi connectivity index (χ2v) is 5.44. The van der Waals surface area contributed by atoms with Gasteiger partial charge >= 0.3 is 0 Å². The van der Waals surface area contributed by atoms with Gasteiger partial charge in [-0.05, 0) is 37.1 Å². The van der Waals surface area contributed by atoms with Crippen LogP contribution in [-0.4, -0.2) is 17.4 Å². The van der Waals surface area contributed by atoms with Gasteiger partial charge in [-0.3, -0.25) is 4.99 Å². The quantitative estimate of drug-likeness (QED) is 0.842. The van der Waals surface area contributed by atoms with Crippen LogP contribution in [0.25, 0.3) is 0 Å². The zero-order valence-corrected chi connectivity index (χ0v) is 12.3. The van der Waals surface area contributed by atoms with Crippen LogP contribution in [-0.2, 0) is 6.42 Å². The van der Waals surface area contributed by atoms with Gasteiger partial charge in [0.05, 0.1) is 6.04 Å². The number of benzene rings is 2. The standard InChI is InChI=1S/C16H16BrNO/c1-12(9-13-5-3-2-4-6-13)18-11-14-10-15(17)7-8-16(14)19/h2-8,10-12,19H,9H2,1H3. The van der Waals surface area contributed by atoms with Gasteiger partial charge in [0.1, 0.15) is 5.75 Å². The van der Waals surface area contributed by atoms with Crippen molar-refractivity contribution in [3.8, 4) is 5.75 Å². The van der Waals surface area contributed by atoms with Crippen LogP contribution in [0.3, 0.4) is 0 Å². The van der Waals surface area contributed by atoms with Crippen molar-refractivity contribution in [2.24, 2.45) is 4.99 Å². The van der Waals surface area contributed by atoms with E-state index in [9.17, 15) is 5.11 Å². The molecule has 3 heteroatoms. The third-order valence-corrected chi connectivity index (χ3v) is 3.32.